The summed E-state index contributed by atoms with van der Waals surface area (Å²) in [7, 11) is 0. The van der Waals surface area contributed by atoms with Crippen molar-refractivity contribution < 1.29 is 4.79 Å². The minimum Gasteiger partial charge on any atom is -0.299 e. The summed E-state index contributed by atoms with van der Waals surface area (Å²) in [5, 5.41) is 1.98. The molecular weight excluding hydrogens is 132 g/mol. The Morgan fingerprint density at radius 1 is 1.56 bits per heavy atom. The van der Waals surface area contributed by atoms with Gasteiger partial charge in [-0.2, -0.15) is 0 Å². The van der Waals surface area contributed by atoms with E-state index in [9.17, 15) is 4.79 Å². The van der Waals surface area contributed by atoms with Gasteiger partial charge in [-0.3, -0.25) is 4.79 Å². The molecule has 0 N–H and O–H groups in total. The van der Waals surface area contributed by atoms with E-state index in [2.05, 4.69) is 0 Å². The van der Waals surface area contributed by atoms with Gasteiger partial charge in [0.15, 0.2) is 0 Å². The second-order valence-corrected chi connectivity index (χ2v) is 2.49. The third-order valence-electron chi connectivity index (χ3n) is 0.882. The van der Waals surface area contributed by atoms with E-state index in [0.29, 0.717) is 0 Å². The Hall–Kier alpha value is -0.890. The summed E-state index contributed by atoms with van der Waals surface area (Å²) in [4.78, 5) is 10.9. The lowest BCUT2D eigenvalue weighted by Crippen LogP contribution is -1.58. The Bertz CT molecular complexity index is 199. The van der Waals surface area contributed by atoms with Crippen LogP contribution in [0.1, 0.15) is 4.88 Å². The summed E-state index contributed by atoms with van der Waals surface area (Å²) in [5.41, 5.74) is 0. The van der Waals surface area contributed by atoms with Crippen LogP contribution >= 0.6 is 11.3 Å². The molecule has 0 saturated carbocycles. The number of carbonyl (C=O) groups excluding carboxylic acids is 1. The van der Waals surface area contributed by atoms with Crippen LogP contribution in [0, 0.1) is 0 Å². The number of rotatable bonds is 2. The van der Waals surface area contributed by atoms with E-state index < -0.39 is 0 Å². The van der Waals surface area contributed by atoms with Crippen LogP contribution in [0.3, 0.4) is 0 Å². The Labute approximate surface area is 57.6 Å². The van der Waals surface area contributed by atoms with Crippen LogP contribution < -0.4 is 0 Å². The molecule has 2 heteroatoms. The number of allylic oxidation sites excluding steroid dienone is 1. The van der Waals surface area contributed by atoms with E-state index in [-0.39, 0.29) is 0 Å². The minimum atomic E-state index is 0.777. The van der Waals surface area contributed by atoms with Crippen LogP contribution in [-0.4, -0.2) is 6.29 Å². The van der Waals surface area contributed by atoms with E-state index in [1.54, 1.807) is 17.4 Å². The Morgan fingerprint density at radius 3 is 3.00 bits per heavy atom. The van der Waals surface area contributed by atoms with Crippen LogP contribution in [-0.2, 0) is 4.79 Å². The predicted molar refractivity (Wildman–Crippen MR) is 39.4 cm³/mol. The van der Waals surface area contributed by atoms with Crippen LogP contribution in [0.15, 0.2) is 23.6 Å². The van der Waals surface area contributed by atoms with Gasteiger partial charge in [0.2, 0.25) is 0 Å². The average Bonchev–Trinajstić information content (AvgIpc) is 2.34. The number of hydrogen-bond donors (Lipinski definition) is 0. The van der Waals surface area contributed by atoms with Crippen molar-refractivity contribution >= 4 is 23.7 Å². The summed E-state index contributed by atoms with van der Waals surface area (Å²) in [6.45, 7) is 0. The van der Waals surface area contributed by atoms with Gasteiger partial charge in [0.05, 0.1) is 0 Å². The molecule has 0 fully saturated rings. The molecule has 1 heterocycles. The molecule has 0 unspecified atom stereocenters. The van der Waals surface area contributed by atoms with Gasteiger partial charge in [0.25, 0.3) is 0 Å². The smallest absolute Gasteiger partial charge is 0.142 e. The van der Waals surface area contributed by atoms with Crippen molar-refractivity contribution in [3.8, 4) is 0 Å². The quantitative estimate of drug-likeness (QED) is 0.451. The van der Waals surface area contributed by atoms with Crippen molar-refractivity contribution in [3.63, 3.8) is 0 Å². The van der Waals surface area contributed by atoms with Crippen molar-refractivity contribution in [2.24, 2.45) is 0 Å². The second kappa shape index (κ2) is 3.20. The standard InChI is InChI=1S/C7H6OS/c8-5-1-3-7-4-2-6-9-7/h1-6H/b3-1+. The molecule has 9 heavy (non-hydrogen) atoms. The fourth-order valence-electron chi connectivity index (χ4n) is 0.520. The Morgan fingerprint density at radius 2 is 2.44 bits per heavy atom. The maximum Gasteiger partial charge on any atom is 0.142 e. The van der Waals surface area contributed by atoms with Crippen LogP contribution in [0.2, 0.25) is 0 Å². The predicted octanol–water partition coefficient (Wildman–Crippen LogP) is 1.96. The van der Waals surface area contributed by atoms with Crippen LogP contribution in [0.4, 0.5) is 0 Å². The average molecular weight is 138 g/mol. The summed E-state index contributed by atoms with van der Waals surface area (Å²) >= 11 is 1.62. The van der Waals surface area contributed by atoms with Crippen LogP contribution in [0.25, 0.3) is 6.08 Å². The maximum absolute atomic E-state index is 9.82. The van der Waals surface area contributed by atoms with Gasteiger partial charge in [-0.25, -0.2) is 0 Å². The largest absolute Gasteiger partial charge is 0.299 e. The van der Waals surface area contributed by atoms with E-state index in [0.717, 1.165) is 11.2 Å². The molecule has 0 aliphatic rings. The summed E-state index contributed by atoms with van der Waals surface area (Å²) in [6, 6.07) is 3.92. The fraction of sp³-hybridized carbons (Fsp3) is 0. The molecule has 1 nitrogen and oxygen atoms in total. The first-order valence-electron chi connectivity index (χ1n) is 2.59. The highest BCUT2D eigenvalue weighted by Crippen LogP contribution is 2.09. The molecule has 0 bridgehead atoms. The van der Waals surface area contributed by atoms with Gasteiger partial charge < -0.3 is 0 Å². The number of thiophene rings is 1. The molecule has 0 aliphatic carbocycles. The highest BCUT2D eigenvalue weighted by atomic mass is 32.1. The first kappa shape index (κ1) is 6.23. The normalized spacial score (nSPS) is 10.2. The first-order chi connectivity index (χ1) is 4.43. The molecule has 0 saturated heterocycles. The van der Waals surface area contributed by atoms with E-state index in [1.807, 2.05) is 17.5 Å². The SMILES string of the molecule is O=C/C=C/c1cccs1. The van der Waals surface area contributed by atoms with E-state index in [1.165, 1.54) is 6.08 Å². The van der Waals surface area contributed by atoms with E-state index in [4.69, 9.17) is 0 Å². The molecule has 0 amide bonds. The topological polar surface area (TPSA) is 17.1 Å². The Kier molecular flexibility index (Phi) is 2.22. The molecule has 0 radical (unpaired) electrons. The molecule has 0 atom stereocenters. The molecule has 46 valence electrons. The highest BCUT2D eigenvalue weighted by Gasteiger charge is 1.81. The van der Waals surface area contributed by atoms with Gasteiger partial charge in [0.1, 0.15) is 6.29 Å². The summed E-state index contributed by atoms with van der Waals surface area (Å²) < 4.78 is 0. The second-order valence-electron chi connectivity index (χ2n) is 1.51. The number of carbonyl (C=O) groups is 1. The monoisotopic (exact) mass is 138 g/mol. The first-order valence-corrected chi connectivity index (χ1v) is 3.47. The number of aldehydes is 1. The molecule has 0 aromatic carbocycles. The summed E-state index contributed by atoms with van der Waals surface area (Å²) in [5.74, 6) is 0. The molecular formula is C7H6OS. The lowest BCUT2D eigenvalue weighted by atomic mass is 10.4. The van der Waals surface area contributed by atoms with Crippen molar-refractivity contribution in [1.82, 2.24) is 0 Å². The van der Waals surface area contributed by atoms with E-state index >= 15 is 0 Å². The molecule has 0 aliphatic heterocycles. The highest BCUT2D eigenvalue weighted by molar-refractivity contribution is 7.10. The fourth-order valence-corrected chi connectivity index (χ4v) is 1.15. The zero-order valence-electron chi connectivity index (χ0n) is 4.78. The zero-order valence-corrected chi connectivity index (χ0v) is 5.60. The minimum absolute atomic E-state index is 0.777. The van der Waals surface area contributed by atoms with Gasteiger partial charge in [-0.1, -0.05) is 6.07 Å². The molecule has 1 rings (SSSR count). The van der Waals surface area contributed by atoms with Gasteiger partial charge in [-0.05, 0) is 23.6 Å². The van der Waals surface area contributed by atoms with Gasteiger partial charge >= 0.3 is 0 Å². The van der Waals surface area contributed by atoms with Crippen LogP contribution in [0.5, 0.6) is 0 Å². The maximum atomic E-state index is 9.82. The molecule has 1 aromatic heterocycles. The third-order valence-corrected chi connectivity index (χ3v) is 1.72. The number of hydrogen-bond acceptors (Lipinski definition) is 2. The Balaban J connectivity index is 2.67. The lowest BCUT2D eigenvalue weighted by molar-refractivity contribution is -0.104. The zero-order chi connectivity index (χ0) is 6.53. The molecule has 0 spiro atoms. The summed E-state index contributed by atoms with van der Waals surface area (Å²) in [6.07, 6.45) is 4.06. The van der Waals surface area contributed by atoms with Gasteiger partial charge in [0, 0.05) is 4.88 Å². The van der Waals surface area contributed by atoms with Crippen molar-refractivity contribution in [1.29, 1.82) is 0 Å². The van der Waals surface area contributed by atoms with Crippen molar-refractivity contribution in [2.75, 3.05) is 0 Å². The third kappa shape index (κ3) is 1.82. The lowest BCUT2D eigenvalue weighted by Gasteiger charge is -1.74. The molecule has 1 aromatic rings. The van der Waals surface area contributed by atoms with Crippen molar-refractivity contribution in [3.05, 3.63) is 28.5 Å². The van der Waals surface area contributed by atoms with Gasteiger partial charge in [-0.15, -0.1) is 11.3 Å². The van der Waals surface area contributed by atoms with Crippen molar-refractivity contribution in [2.45, 2.75) is 0 Å².